The monoisotopic (exact) mass is 234 g/mol. The van der Waals surface area contributed by atoms with Crippen LogP contribution < -0.4 is 0 Å². The maximum absolute atomic E-state index is 11.6. The lowest BCUT2D eigenvalue weighted by atomic mass is 10.1. The van der Waals surface area contributed by atoms with Gasteiger partial charge in [0.25, 0.3) is 0 Å². The molecule has 0 aromatic carbocycles. The number of imidazole rings is 1. The van der Waals surface area contributed by atoms with Crippen molar-refractivity contribution >= 4 is 5.91 Å². The molecule has 1 amide bonds. The van der Waals surface area contributed by atoms with E-state index in [2.05, 4.69) is 4.98 Å². The van der Waals surface area contributed by atoms with Crippen LogP contribution in [-0.4, -0.2) is 38.2 Å². The summed E-state index contributed by atoms with van der Waals surface area (Å²) in [5.74, 6) is -0.0107. The van der Waals surface area contributed by atoms with Gasteiger partial charge in [-0.25, -0.2) is 9.55 Å². The number of piperidine rings is 1. The quantitative estimate of drug-likeness (QED) is 0.803. The van der Waals surface area contributed by atoms with Crippen molar-refractivity contribution < 1.29 is 9.90 Å². The lowest BCUT2D eigenvalue weighted by molar-refractivity contribution is -0.146. The summed E-state index contributed by atoms with van der Waals surface area (Å²) in [5, 5.41) is 18.3. The molecule has 1 aliphatic rings. The van der Waals surface area contributed by atoms with Crippen LogP contribution in [0.4, 0.5) is 0 Å². The Bertz CT molecular complexity index is 449. The first kappa shape index (κ1) is 11.6. The molecule has 1 fully saturated rings. The number of aromatic nitrogens is 2. The predicted octanol–water partition coefficient (Wildman–Crippen LogP) is 0.0857. The molecule has 6 heteroatoms. The van der Waals surface area contributed by atoms with Gasteiger partial charge in [0, 0.05) is 25.6 Å². The minimum Gasteiger partial charge on any atom is -0.374 e. The van der Waals surface area contributed by atoms with Crippen LogP contribution in [0, 0.1) is 11.5 Å². The number of amides is 1. The Kier molecular flexibility index (Phi) is 3.40. The number of rotatable bonds is 3. The minimum atomic E-state index is -0.672. The molecule has 0 radical (unpaired) electrons. The standard InChI is InChI=1S/C11H14N4O2/c12-7-14-6-9(13-8-14)4-5-15-10(16)2-1-3-11(15)17/h6,8,10,16H,1-5H2/t10-/m0/s1. The number of nitrogens with zero attached hydrogens (tertiary/aromatic N) is 4. The van der Waals surface area contributed by atoms with Crippen LogP contribution >= 0.6 is 0 Å². The predicted molar refractivity (Wildman–Crippen MR) is 58.5 cm³/mol. The number of carbonyl (C=O) groups is 1. The van der Waals surface area contributed by atoms with Crippen LogP contribution in [0.3, 0.4) is 0 Å². The first-order valence-corrected chi connectivity index (χ1v) is 5.61. The number of nitriles is 1. The molecule has 0 bridgehead atoms. The van der Waals surface area contributed by atoms with Gasteiger partial charge >= 0.3 is 0 Å². The highest BCUT2D eigenvalue weighted by molar-refractivity contribution is 5.77. The van der Waals surface area contributed by atoms with Crippen LogP contribution in [0.15, 0.2) is 12.5 Å². The number of likely N-dealkylation sites (tertiary alicyclic amines) is 1. The third-order valence-electron chi connectivity index (χ3n) is 2.89. The summed E-state index contributed by atoms with van der Waals surface area (Å²) in [4.78, 5) is 17.1. The van der Waals surface area contributed by atoms with Gasteiger partial charge in [0.2, 0.25) is 5.91 Å². The number of hydrogen-bond acceptors (Lipinski definition) is 4. The molecular weight excluding hydrogens is 220 g/mol. The van der Waals surface area contributed by atoms with Gasteiger partial charge in [0.05, 0.1) is 5.69 Å². The number of hydrogen-bond donors (Lipinski definition) is 1. The molecule has 90 valence electrons. The highest BCUT2D eigenvalue weighted by Crippen LogP contribution is 2.16. The second kappa shape index (κ2) is 4.97. The van der Waals surface area contributed by atoms with E-state index in [1.807, 2.05) is 6.19 Å². The molecule has 2 rings (SSSR count). The second-order valence-corrected chi connectivity index (χ2v) is 4.08. The fourth-order valence-electron chi connectivity index (χ4n) is 1.96. The van der Waals surface area contributed by atoms with Crippen molar-refractivity contribution in [2.45, 2.75) is 31.9 Å². The van der Waals surface area contributed by atoms with Gasteiger partial charge in [-0.15, -0.1) is 0 Å². The molecule has 1 saturated heterocycles. The molecule has 0 unspecified atom stereocenters. The Balaban J connectivity index is 1.92. The van der Waals surface area contributed by atoms with E-state index in [1.54, 1.807) is 6.20 Å². The Morgan fingerprint density at radius 2 is 2.47 bits per heavy atom. The Labute approximate surface area is 99.1 Å². The van der Waals surface area contributed by atoms with Crippen LogP contribution in [0.1, 0.15) is 25.0 Å². The van der Waals surface area contributed by atoms with Gasteiger partial charge in [0.15, 0.2) is 6.19 Å². The maximum atomic E-state index is 11.6. The van der Waals surface area contributed by atoms with E-state index >= 15 is 0 Å². The third kappa shape index (κ3) is 2.63. The van der Waals surface area contributed by atoms with Gasteiger partial charge in [0.1, 0.15) is 12.6 Å². The zero-order chi connectivity index (χ0) is 12.3. The molecule has 6 nitrogen and oxygen atoms in total. The Morgan fingerprint density at radius 3 is 3.12 bits per heavy atom. The molecule has 1 atom stereocenters. The van der Waals surface area contributed by atoms with E-state index < -0.39 is 6.23 Å². The van der Waals surface area contributed by atoms with Gasteiger partial charge in [-0.2, -0.15) is 5.26 Å². The highest BCUT2D eigenvalue weighted by atomic mass is 16.3. The highest BCUT2D eigenvalue weighted by Gasteiger charge is 2.25. The van der Waals surface area contributed by atoms with Crippen molar-refractivity contribution in [1.82, 2.24) is 14.5 Å². The molecular formula is C11H14N4O2. The molecule has 0 aliphatic carbocycles. The maximum Gasteiger partial charge on any atom is 0.224 e. The van der Waals surface area contributed by atoms with E-state index in [4.69, 9.17) is 5.26 Å². The number of aliphatic hydroxyl groups is 1. The molecule has 1 aromatic rings. The second-order valence-electron chi connectivity index (χ2n) is 4.08. The summed E-state index contributed by atoms with van der Waals surface area (Å²) in [6, 6.07) is 0. The molecule has 0 spiro atoms. The molecule has 1 aliphatic heterocycles. The van der Waals surface area contributed by atoms with Crippen LogP contribution in [0.2, 0.25) is 0 Å². The number of aliphatic hydroxyl groups excluding tert-OH is 1. The van der Waals surface area contributed by atoms with Gasteiger partial charge in [-0.3, -0.25) is 4.79 Å². The van der Waals surface area contributed by atoms with Crippen molar-refractivity contribution in [3.8, 4) is 6.19 Å². The first-order chi connectivity index (χ1) is 8.20. The van der Waals surface area contributed by atoms with Crippen LogP contribution in [0.25, 0.3) is 0 Å². The lowest BCUT2D eigenvalue weighted by Crippen LogP contribution is -2.44. The molecule has 17 heavy (non-hydrogen) atoms. The van der Waals surface area contributed by atoms with Crippen molar-refractivity contribution in [3.63, 3.8) is 0 Å². The summed E-state index contributed by atoms with van der Waals surface area (Å²) in [6.45, 7) is 0.447. The van der Waals surface area contributed by atoms with Gasteiger partial charge in [-0.1, -0.05) is 0 Å². The fourth-order valence-corrected chi connectivity index (χ4v) is 1.96. The number of carbonyl (C=O) groups excluding carboxylic acids is 1. The topological polar surface area (TPSA) is 82.2 Å². The first-order valence-electron chi connectivity index (χ1n) is 5.61. The molecule has 2 heterocycles. The van der Waals surface area contributed by atoms with Crippen molar-refractivity contribution in [2.24, 2.45) is 0 Å². The van der Waals surface area contributed by atoms with E-state index in [1.165, 1.54) is 15.8 Å². The average Bonchev–Trinajstić information content (AvgIpc) is 2.76. The fraction of sp³-hybridized carbons (Fsp3) is 0.545. The summed E-state index contributed by atoms with van der Waals surface area (Å²) >= 11 is 0. The zero-order valence-corrected chi connectivity index (χ0v) is 9.41. The third-order valence-corrected chi connectivity index (χ3v) is 2.89. The van der Waals surface area contributed by atoms with Crippen molar-refractivity contribution in [1.29, 1.82) is 5.26 Å². The lowest BCUT2D eigenvalue weighted by Gasteiger charge is -2.31. The zero-order valence-electron chi connectivity index (χ0n) is 9.41. The van der Waals surface area contributed by atoms with Crippen molar-refractivity contribution in [2.75, 3.05) is 6.54 Å². The summed E-state index contributed by atoms with van der Waals surface area (Å²) < 4.78 is 1.31. The Hall–Kier alpha value is -1.87. The summed E-state index contributed by atoms with van der Waals surface area (Å²) in [7, 11) is 0. The summed E-state index contributed by atoms with van der Waals surface area (Å²) in [6.07, 6.45) is 6.76. The average molecular weight is 234 g/mol. The van der Waals surface area contributed by atoms with E-state index in [9.17, 15) is 9.90 Å². The minimum absolute atomic E-state index is 0.0107. The normalized spacial score (nSPS) is 20.4. The summed E-state index contributed by atoms with van der Waals surface area (Å²) in [5.41, 5.74) is 0.747. The van der Waals surface area contributed by atoms with Crippen LogP contribution in [0.5, 0.6) is 0 Å². The van der Waals surface area contributed by atoms with Gasteiger partial charge < -0.3 is 10.0 Å². The molecule has 1 aromatic heterocycles. The van der Waals surface area contributed by atoms with Gasteiger partial charge in [-0.05, 0) is 12.8 Å². The Morgan fingerprint density at radius 1 is 1.65 bits per heavy atom. The van der Waals surface area contributed by atoms with Crippen molar-refractivity contribution in [3.05, 3.63) is 18.2 Å². The smallest absolute Gasteiger partial charge is 0.224 e. The van der Waals surface area contributed by atoms with E-state index in [0.29, 0.717) is 25.8 Å². The van der Waals surface area contributed by atoms with E-state index in [-0.39, 0.29) is 5.91 Å². The van der Waals surface area contributed by atoms with E-state index in [0.717, 1.165) is 12.1 Å². The largest absolute Gasteiger partial charge is 0.374 e. The SMILES string of the molecule is N#Cn1cnc(CCN2C(=O)CCC[C@@H]2O)c1. The molecule has 1 N–H and O–H groups in total. The van der Waals surface area contributed by atoms with Crippen LogP contribution in [-0.2, 0) is 11.2 Å². The molecule has 0 saturated carbocycles.